The lowest BCUT2D eigenvalue weighted by atomic mass is 10.0. The van der Waals surface area contributed by atoms with Gasteiger partial charge in [-0.25, -0.2) is 4.79 Å². The molecule has 1 aromatic rings. The molecule has 1 heterocycles. The second kappa shape index (κ2) is 12.3. The number of aromatic nitrogens is 1. The first-order valence-electron chi connectivity index (χ1n) is 10.3. The summed E-state index contributed by atoms with van der Waals surface area (Å²) < 4.78 is 20.4. The number of carbonyl (C=O) groups excluding carboxylic acids is 2. The van der Waals surface area contributed by atoms with Crippen molar-refractivity contribution in [2.45, 2.75) is 70.8 Å². The quantitative estimate of drug-likeness (QED) is 0.326. The van der Waals surface area contributed by atoms with Crippen LogP contribution in [-0.2, 0) is 14.3 Å². The van der Waals surface area contributed by atoms with Crippen molar-refractivity contribution in [2.24, 2.45) is 0 Å². The average Bonchev–Trinajstić information content (AvgIpc) is 3.20. The largest absolute Gasteiger partial charge is 0.473 e. The van der Waals surface area contributed by atoms with Crippen LogP contribution in [0.5, 0.6) is 5.88 Å². The monoisotopic (exact) mass is 456 g/mol. The SMILES string of the molecule is C=C(NCCC[C@H](NC(=O)C(C)(C)OC)C(O)COc1ccon1)NC(=O)OC(C)(C)C. The lowest BCUT2D eigenvalue weighted by molar-refractivity contribution is -0.141. The zero-order valence-corrected chi connectivity index (χ0v) is 19.7. The molecular weight excluding hydrogens is 420 g/mol. The van der Waals surface area contributed by atoms with Crippen LogP contribution < -0.4 is 20.7 Å². The van der Waals surface area contributed by atoms with E-state index in [-0.39, 0.29) is 24.2 Å². The molecule has 0 aliphatic rings. The smallest absolute Gasteiger partial charge is 0.413 e. The van der Waals surface area contributed by atoms with E-state index in [1.54, 1.807) is 34.6 Å². The van der Waals surface area contributed by atoms with Crippen molar-refractivity contribution in [2.75, 3.05) is 20.3 Å². The molecule has 0 aromatic carbocycles. The first kappa shape index (κ1) is 27.2. The van der Waals surface area contributed by atoms with E-state index in [9.17, 15) is 14.7 Å². The van der Waals surface area contributed by atoms with Crippen LogP contribution in [0, 0.1) is 0 Å². The van der Waals surface area contributed by atoms with Gasteiger partial charge in [-0.3, -0.25) is 10.1 Å². The van der Waals surface area contributed by atoms with Crippen molar-refractivity contribution in [3.05, 3.63) is 24.7 Å². The maximum Gasteiger partial charge on any atom is 0.413 e. The standard InChI is InChI=1S/C21H36N4O7/c1-14(23-19(28)32-20(2,3)4)22-11-8-9-15(24-18(27)21(5,6)29-7)16(26)13-30-17-10-12-31-25-17/h10,12,15-16,22,26H,1,8-9,11,13H2,2-7H3,(H,23,28)(H,24,27)/t15-,16?/m0/s1. The second-order valence-corrected chi connectivity index (χ2v) is 8.68. The van der Waals surface area contributed by atoms with Crippen LogP contribution in [0.1, 0.15) is 47.5 Å². The molecule has 0 aliphatic carbocycles. The molecule has 11 heteroatoms. The van der Waals surface area contributed by atoms with Crippen molar-refractivity contribution < 1.29 is 33.4 Å². The number of ether oxygens (including phenoxy) is 3. The van der Waals surface area contributed by atoms with Crippen LogP contribution >= 0.6 is 0 Å². The van der Waals surface area contributed by atoms with Gasteiger partial charge in [-0.05, 0) is 52.6 Å². The number of hydrogen-bond acceptors (Lipinski definition) is 9. The molecule has 0 spiro atoms. The molecule has 0 saturated heterocycles. The summed E-state index contributed by atoms with van der Waals surface area (Å²) in [6.45, 7) is 12.6. The van der Waals surface area contributed by atoms with E-state index in [1.807, 2.05) is 0 Å². The molecule has 4 N–H and O–H groups in total. The van der Waals surface area contributed by atoms with Gasteiger partial charge in [0.15, 0.2) is 0 Å². The van der Waals surface area contributed by atoms with E-state index < -0.39 is 29.4 Å². The summed E-state index contributed by atoms with van der Waals surface area (Å²) in [6.07, 6.45) is 0.704. The van der Waals surface area contributed by atoms with Gasteiger partial charge >= 0.3 is 6.09 Å². The van der Waals surface area contributed by atoms with Crippen LogP contribution in [0.25, 0.3) is 0 Å². The van der Waals surface area contributed by atoms with Gasteiger partial charge in [0.2, 0.25) is 0 Å². The van der Waals surface area contributed by atoms with Crippen molar-refractivity contribution in [3.8, 4) is 5.88 Å². The van der Waals surface area contributed by atoms with Gasteiger partial charge in [0, 0.05) is 19.7 Å². The van der Waals surface area contributed by atoms with E-state index >= 15 is 0 Å². The van der Waals surface area contributed by atoms with Gasteiger partial charge in [0.25, 0.3) is 11.8 Å². The summed E-state index contributed by atoms with van der Waals surface area (Å²) in [5.74, 6) is 0.155. The Bertz CT molecular complexity index is 729. The summed E-state index contributed by atoms with van der Waals surface area (Å²) in [5.41, 5.74) is -1.68. The lowest BCUT2D eigenvalue weighted by Crippen LogP contribution is -2.53. The third-order valence-electron chi connectivity index (χ3n) is 4.34. The fraction of sp³-hybridized carbons (Fsp3) is 0.667. The number of aliphatic hydroxyl groups is 1. The van der Waals surface area contributed by atoms with E-state index in [0.29, 0.717) is 19.4 Å². The zero-order chi connectivity index (χ0) is 24.4. The Morgan fingerprint density at radius 3 is 2.53 bits per heavy atom. The summed E-state index contributed by atoms with van der Waals surface area (Å²) in [4.78, 5) is 24.3. The van der Waals surface area contributed by atoms with Gasteiger partial charge in [-0.15, -0.1) is 0 Å². The predicted molar refractivity (Wildman–Crippen MR) is 117 cm³/mol. The normalized spacial score (nSPS) is 13.6. The molecule has 1 rings (SSSR count). The third-order valence-corrected chi connectivity index (χ3v) is 4.34. The maximum absolute atomic E-state index is 12.5. The molecule has 1 unspecified atom stereocenters. The first-order valence-corrected chi connectivity index (χ1v) is 10.3. The summed E-state index contributed by atoms with van der Waals surface area (Å²) in [7, 11) is 1.44. The van der Waals surface area contributed by atoms with Gasteiger partial charge in [-0.1, -0.05) is 6.58 Å². The molecule has 0 bridgehead atoms. The Morgan fingerprint density at radius 2 is 1.97 bits per heavy atom. The van der Waals surface area contributed by atoms with E-state index in [4.69, 9.17) is 14.2 Å². The lowest BCUT2D eigenvalue weighted by Gasteiger charge is -2.29. The molecule has 0 saturated carbocycles. The number of aliphatic hydroxyl groups excluding tert-OH is 1. The van der Waals surface area contributed by atoms with E-state index in [0.717, 1.165) is 0 Å². The molecular formula is C21H36N4O7. The number of nitrogens with zero attached hydrogens (tertiary/aromatic N) is 1. The van der Waals surface area contributed by atoms with Crippen LogP contribution in [0.3, 0.4) is 0 Å². The van der Waals surface area contributed by atoms with Crippen LogP contribution in [-0.4, -0.2) is 65.9 Å². The minimum atomic E-state index is -1.06. The highest BCUT2D eigenvalue weighted by Crippen LogP contribution is 2.12. The summed E-state index contributed by atoms with van der Waals surface area (Å²) in [6, 6.07) is 0.902. The Hall–Kier alpha value is -2.79. The van der Waals surface area contributed by atoms with Gasteiger partial charge < -0.3 is 34.5 Å². The number of amides is 2. The molecule has 2 amide bonds. The Labute approximate surface area is 188 Å². The number of hydrogen-bond donors (Lipinski definition) is 4. The Balaban J connectivity index is 2.56. The third kappa shape index (κ3) is 10.5. The van der Waals surface area contributed by atoms with Gasteiger partial charge in [0.1, 0.15) is 36.0 Å². The van der Waals surface area contributed by atoms with Crippen molar-refractivity contribution >= 4 is 12.0 Å². The molecule has 0 fully saturated rings. The van der Waals surface area contributed by atoms with Crippen LogP contribution in [0.2, 0.25) is 0 Å². The highest BCUT2D eigenvalue weighted by molar-refractivity contribution is 5.84. The zero-order valence-electron chi connectivity index (χ0n) is 19.7. The van der Waals surface area contributed by atoms with Crippen molar-refractivity contribution in [3.63, 3.8) is 0 Å². The topological polar surface area (TPSA) is 144 Å². The first-order chi connectivity index (χ1) is 14.8. The molecule has 182 valence electrons. The Kier molecular flexibility index (Phi) is 10.5. The predicted octanol–water partition coefficient (Wildman–Crippen LogP) is 1.69. The highest BCUT2D eigenvalue weighted by Gasteiger charge is 2.31. The molecule has 1 aromatic heterocycles. The molecule has 2 atom stereocenters. The van der Waals surface area contributed by atoms with E-state index in [2.05, 4.69) is 32.2 Å². The van der Waals surface area contributed by atoms with Crippen LogP contribution in [0.4, 0.5) is 4.79 Å². The van der Waals surface area contributed by atoms with E-state index in [1.165, 1.54) is 19.4 Å². The fourth-order valence-corrected chi connectivity index (χ4v) is 2.39. The minimum absolute atomic E-state index is 0.0920. The van der Waals surface area contributed by atoms with Crippen LogP contribution in [0.15, 0.2) is 29.3 Å². The van der Waals surface area contributed by atoms with Gasteiger partial charge in [0.05, 0.1) is 6.04 Å². The average molecular weight is 457 g/mol. The Morgan fingerprint density at radius 1 is 1.28 bits per heavy atom. The maximum atomic E-state index is 12.5. The molecule has 11 nitrogen and oxygen atoms in total. The number of methoxy groups -OCH3 is 1. The number of rotatable bonds is 13. The molecule has 32 heavy (non-hydrogen) atoms. The van der Waals surface area contributed by atoms with Crippen molar-refractivity contribution in [1.82, 2.24) is 21.1 Å². The van der Waals surface area contributed by atoms with Gasteiger partial charge in [-0.2, -0.15) is 0 Å². The minimum Gasteiger partial charge on any atom is -0.473 e. The highest BCUT2D eigenvalue weighted by atomic mass is 16.6. The second-order valence-electron chi connectivity index (χ2n) is 8.68. The molecule has 0 aliphatic heterocycles. The number of nitrogens with one attached hydrogen (secondary N) is 3. The fourth-order valence-electron chi connectivity index (χ4n) is 2.39. The summed E-state index contributed by atoms with van der Waals surface area (Å²) >= 11 is 0. The summed E-state index contributed by atoms with van der Waals surface area (Å²) in [5, 5.41) is 22.5. The van der Waals surface area contributed by atoms with Crippen molar-refractivity contribution in [1.29, 1.82) is 0 Å². The molecule has 0 radical (unpaired) electrons. The number of alkyl carbamates (subject to hydrolysis) is 1. The number of carbonyl (C=O) groups is 2.